The molecule has 5 heteroatoms. The van der Waals surface area contributed by atoms with Crippen LogP contribution in [-0.4, -0.2) is 16.1 Å². The molecule has 0 fully saturated rings. The number of aromatic carboxylic acids is 1. The molecule has 19 heavy (non-hydrogen) atoms. The minimum atomic E-state index is -0.979. The van der Waals surface area contributed by atoms with Crippen LogP contribution < -0.4 is 0 Å². The van der Waals surface area contributed by atoms with Crippen molar-refractivity contribution in [1.82, 2.24) is 4.98 Å². The van der Waals surface area contributed by atoms with Gasteiger partial charge in [-0.05, 0) is 35.7 Å². The summed E-state index contributed by atoms with van der Waals surface area (Å²) < 4.78 is 0. The second kappa shape index (κ2) is 4.64. The molecule has 0 saturated carbocycles. The Bertz CT molecular complexity index is 768. The number of rotatable bonds is 2. The van der Waals surface area contributed by atoms with E-state index < -0.39 is 5.97 Å². The fourth-order valence-electron chi connectivity index (χ4n) is 1.93. The topological polar surface area (TPSA) is 50.2 Å². The zero-order valence-electron chi connectivity index (χ0n) is 9.63. The van der Waals surface area contributed by atoms with Crippen molar-refractivity contribution in [3.63, 3.8) is 0 Å². The van der Waals surface area contributed by atoms with Gasteiger partial charge in [0.25, 0.3) is 0 Å². The minimum Gasteiger partial charge on any atom is -0.478 e. The van der Waals surface area contributed by atoms with Gasteiger partial charge in [-0.3, -0.25) is 0 Å². The number of thiophene rings is 1. The van der Waals surface area contributed by atoms with Crippen LogP contribution >= 0.6 is 22.9 Å². The lowest BCUT2D eigenvalue weighted by molar-refractivity contribution is 0.0699. The number of pyridine rings is 1. The molecule has 3 rings (SSSR count). The molecule has 0 atom stereocenters. The summed E-state index contributed by atoms with van der Waals surface area (Å²) in [4.78, 5) is 16.8. The van der Waals surface area contributed by atoms with E-state index in [4.69, 9.17) is 11.6 Å². The second-order valence-electron chi connectivity index (χ2n) is 4.00. The normalized spacial score (nSPS) is 10.8. The van der Waals surface area contributed by atoms with Crippen molar-refractivity contribution in [2.45, 2.75) is 0 Å². The van der Waals surface area contributed by atoms with Crippen molar-refractivity contribution < 1.29 is 9.90 Å². The minimum absolute atomic E-state index is 0.218. The molecule has 2 heterocycles. The van der Waals surface area contributed by atoms with Gasteiger partial charge in [-0.1, -0.05) is 17.7 Å². The van der Waals surface area contributed by atoms with Crippen LogP contribution in [-0.2, 0) is 0 Å². The Hall–Kier alpha value is -1.91. The summed E-state index contributed by atoms with van der Waals surface area (Å²) in [7, 11) is 0. The average molecular weight is 290 g/mol. The molecule has 0 spiro atoms. The molecular weight excluding hydrogens is 282 g/mol. The highest BCUT2D eigenvalue weighted by molar-refractivity contribution is 7.13. The molecule has 94 valence electrons. The maximum absolute atomic E-state index is 11.4. The molecule has 0 aliphatic carbocycles. The molecule has 1 aromatic carbocycles. The molecule has 0 radical (unpaired) electrons. The molecule has 0 saturated heterocycles. The molecule has 0 amide bonds. The van der Waals surface area contributed by atoms with Gasteiger partial charge in [0.2, 0.25) is 0 Å². The maximum Gasteiger partial charge on any atom is 0.336 e. The first-order chi connectivity index (χ1) is 9.15. The number of hydrogen-bond donors (Lipinski definition) is 1. The van der Waals surface area contributed by atoms with Gasteiger partial charge in [0.05, 0.1) is 21.7 Å². The quantitative estimate of drug-likeness (QED) is 0.764. The van der Waals surface area contributed by atoms with Crippen LogP contribution in [0.15, 0.2) is 41.8 Å². The van der Waals surface area contributed by atoms with E-state index in [9.17, 15) is 9.90 Å². The Morgan fingerprint density at radius 3 is 2.79 bits per heavy atom. The number of halogens is 1. The van der Waals surface area contributed by atoms with Crippen LogP contribution in [0.4, 0.5) is 0 Å². The molecular formula is C14H8ClNO2S. The first-order valence-corrected chi connectivity index (χ1v) is 6.78. The molecule has 0 bridgehead atoms. The van der Waals surface area contributed by atoms with Gasteiger partial charge in [0.1, 0.15) is 0 Å². The molecule has 0 unspecified atom stereocenters. The van der Waals surface area contributed by atoms with Crippen LogP contribution in [0.1, 0.15) is 10.4 Å². The smallest absolute Gasteiger partial charge is 0.336 e. The van der Waals surface area contributed by atoms with Crippen molar-refractivity contribution >= 4 is 39.8 Å². The number of nitrogens with zero attached hydrogens (tertiary/aromatic N) is 1. The van der Waals surface area contributed by atoms with Gasteiger partial charge in [-0.2, -0.15) is 0 Å². The van der Waals surface area contributed by atoms with Crippen molar-refractivity contribution in [3.8, 4) is 10.6 Å². The van der Waals surface area contributed by atoms with Crippen molar-refractivity contribution in [1.29, 1.82) is 0 Å². The van der Waals surface area contributed by atoms with E-state index in [-0.39, 0.29) is 5.56 Å². The predicted octanol–water partition coefficient (Wildman–Crippen LogP) is 4.31. The largest absolute Gasteiger partial charge is 0.478 e. The van der Waals surface area contributed by atoms with Gasteiger partial charge in [0, 0.05) is 10.4 Å². The summed E-state index contributed by atoms with van der Waals surface area (Å²) in [6.07, 6.45) is 0. The van der Waals surface area contributed by atoms with Gasteiger partial charge < -0.3 is 5.11 Å². The Balaban J connectivity index is 2.34. The van der Waals surface area contributed by atoms with Gasteiger partial charge in [0.15, 0.2) is 0 Å². The summed E-state index contributed by atoms with van der Waals surface area (Å²) in [6.45, 7) is 0. The Labute approximate surface area is 118 Å². The van der Waals surface area contributed by atoms with Crippen LogP contribution in [0, 0.1) is 0 Å². The third-order valence-corrected chi connectivity index (χ3v) is 3.90. The zero-order valence-corrected chi connectivity index (χ0v) is 11.2. The van der Waals surface area contributed by atoms with Crippen LogP contribution in [0.3, 0.4) is 0 Å². The third-order valence-electron chi connectivity index (χ3n) is 2.77. The molecule has 1 N–H and O–H groups in total. The van der Waals surface area contributed by atoms with E-state index in [0.717, 1.165) is 4.88 Å². The summed E-state index contributed by atoms with van der Waals surface area (Å²) >= 11 is 7.44. The molecule has 3 aromatic rings. The standard InChI is InChI=1S/C14H8ClNO2S/c15-8-3-4-11-9(6-8)10(14(17)18)7-12(16-11)13-2-1-5-19-13/h1-7H,(H,17,18). The van der Waals surface area contributed by atoms with E-state index in [1.807, 2.05) is 17.5 Å². The van der Waals surface area contributed by atoms with E-state index in [1.165, 1.54) is 11.3 Å². The first kappa shape index (κ1) is 12.1. The van der Waals surface area contributed by atoms with E-state index >= 15 is 0 Å². The molecule has 2 aromatic heterocycles. The van der Waals surface area contributed by atoms with Gasteiger partial charge in [-0.25, -0.2) is 9.78 Å². The van der Waals surface area contributed by atoms with Crippen molar-refractivity contribution in [2.24, 2.45) is 0 Å². The highest BCUT2D eigenvalue weighted by Crippen LogP contribution is 2.29. The lowest BCUT2D eigenvalue weighted by Gasteiger charge is -2.06. The summed E-state index contributed by atoms with van der Waals surface area (Å²) in [6, 6.07) is 10.5. The number of carbonyl (C=O) groups is 1. The van der Waals surface area contributed by atoms with Gasteiger partial charge >= 0.3 is 5.97 Å². The van der Waals surface area contributed by atoms with E-state index in [0.29, 0.717) is 21.6 Å². The molecule has 0 aliphatic heterocycles. The summed E-state index contributed by atoms with van der Waals surface area (Å²) in [5.41, 5.74) is 1.52. The van der Waals surface area contributed by atoms with Crippen LogP contribution in [0.2, 0.25) is 5.02 Å². The third kappa shape index (κ3) is 2.20. The number of benzene rings is 1. The number of aromatic nitrogens is 1. The van der Waals surface area contributed by atoms with Gasteiger partial charge in [-0.15, -0.1) is 11.3 Å². The highest BCUT2D eigenvalue weighted by atomic mass is 35.5. The monoisotopic (exact) mass is 289 g/mol. The maximum atomic E-state index is 11.4. The Kier molecular flexibility index (Phi) is 2.97. The SMILES string of the molecule is O=C(O)c1cc(-c2cccs2)nc2ccc(Cl)cc12. The van der Waals surface area contributed by atoms with Crippen molar-refractivity contribution in [3.05, 3.63) is 52.4 Å². The number of fused-ring (bicyclic) bond motifs is 1. The fourth-order valence-corrected chi connectivity index (χ4v) is 2.78. The predicted molar refractivity (Wildman–Crippen MR) is 77.0 cm³/mol. The average Bonchev–Trinajstić information content (AvgIpc) is 2.91. The first-order valence-electron chi connectivity index (χ1n) is 5.52. The lowest BCUT2D eigenvalue weighted by atomic mass is 10.1. The number of hydrogen-bond acceptors (Lipinski definition) is 3. The van der Waals surface area contributed by atoms with Crippen molar-refractivity contribution in [2.75, 3.05) is 0 Å². The summed E-state index contributed by atoms with van der Waals surface area (Å²) in [5, 5.41) is 12.3. The van der Waals surface area contributed by atoms with Crippen LogP contribution in [0.5, 0.6) is 0 Å². The molecule has 0 aliphatic rings. The number of carboxylic acid groups (broad SMARTS) is 1. The Morgan fingerprint density at radius 2 is 2.11 bits per heavy atom. The van der Waals surface area contributed by atoms with Crippen LogP contribution in [0.25, 0.3) is 21.5 Å². The molecule has 3 nitrogen and oxygen atoms in total. The second-order valence-corrected chi connectivity index (χ2v) is 5.38. The fraction of sp³-hybridized carbons (Fsp3) is 0. The zero-order chi connectivity index (χ0) is 13.4. The highest BCUT2D eigenvalue weighted by Gasteiger charge is 2.13. The van der Waals surface area contributed by atoms with E-state index in [2.05, 4.69) is 4.98 Å². The summed E-state index contributed by atoms with van der Waals surface area (Å²) in [5.74, 6) is -0.979. The Morgan fingerprint density at radius 1 is 1.26 bits per heavy atom. The lowest BCUT2D eigenvalue weighted by Crippen LogP contribution is -1.99. The van der Waals surface area contributed by atoms with E-state index in [1.54, 1.807) is 24.3 Å². The number of carboxylic acids is 1.